The average molecular weight is 466 g/mol. The molecule has 2 aliphatic rings. The zero-order valence-electron chi connectivity index (χ0n) is 19.1. The molecule has 178 valence electrons. The zero-order valence-corrected chi connectivity index (χ0v) is 19.1. The van der Waals surface area contributed by atoms with Crippen molar-refractivity contribution in [3.8, 4) is 0 Å². The number of non-ortho nitro benzene ring substituents is 1. The molecule has 2 aromatic carbocycles. The minimum Gasteiger partial charge on any atom is -0.443 e. The Labute approximate surface area is 196 Å². The minimum atomic E-state index is -1.63. The highest BCUT2D eigenvalue weighted by Gasteiger charge is 2.64. The lowest BCUT2D eigenvalue weighted by Gasteiger charge is -2.46. The van der Waals surface area contributed by atoms with Crippen molar-refractivity contribution >= 4 is 29.7 Å². The molecule has 1 aliphatic carbocycles. The number of rotatable bonds is 3. The molecule has 1 heterocycles. The molecule has 9 nitrogen and oxygen atoms in total. The van der Waals surface area contributed by atoms with Gasteiger partial charge in [-0.05, 0) is 50.8 Å². The van der Waals surface area contributed by atoms with E-state index in [0.29, 0.717) is 23.2 Å². The maximum atomic E-state index is 14.1. The predicted octanol–water partition coefficient (Wildman–Crippen LogP) is 3.87. The van der Waals surface area contributed by atoms with Crippen LogP contribution in [-0.2, 0) is 19.7 Å². The summed E-state index contributed by atoms with van der Waals surface area (Å²) in [7, 11) is 0. The van der Waals surface area contributed by atoms with Gasteiger partial charge in [-0.15, -0.1) is 0 Å². The fraction of sp³-hybridized carbons (Fsp3) is 0.400. The molecule has 1 fully saturated rings. The summed E-state index contributed by atoms with van der Waals surface area (Å²) in [5, 5.41) is 22.5. The van der Waals surface area contributed by atoms with E-state index in [2.05, 4.69) is 0 Å². The third-order valence-electron chi connectivity index (χ3n) is 6.58. The fourth-order valence-corrected chi connectivity index (χ4v) is 5.29. The molecule has 4 atom stereocenters. The molecule has 0 unspecified atom stereocenters. The summed E-state index contributed by atoms with van der Waals surface area (Å²) in [5.41, 5.74) is -1.42. The van der Waals surface area contributed by atoms with Crippen molar-refractivity contribution in [2.24, 2.45) is 5.92 Å². The van der Waals surface area contributed by atoms with E-state index in [1.165, 1.54) is 24.3 Å². The predicted molar refractivity (Wildman–Crippen MR) is 122 cm³/mol. The molecule has 9 heteroatoms. The van der Waals surface area contributed by atoms with Crippen molar-refractivity contribution < 1.29 is 29.2 Å². The first-order chi connectivity index (χ1) is 16.0. The highest BCUT2D eigenvalue weighted by Crippen LogP contribution is 2.58. The van der Waals surface area contributed by atoms with E-state index in [9.17, 15) is 29.6 Å². The molecule has 4 rings (SSSR count). The van der Waals surface area contributed by atoms with Gasteiger partial charge in [0.05, 0.1) is 16.7 Å². The van der Waals surface area contributed by atoms with E-state index in [-0.39, 0.29) is 12.1 Å². The number of imide groups is 1. The largest absolute Gasteiger partial charge is 0.443 e. The summed E-state index contributed by atoms with van der Waals surface area (Å²) in [6.45, 7) is 5.06. The molecule has 1 saturated carbocycles. The van der Waals surface area contributed by atoms with Gasteiger partial charge in [-0.2, -0.15) is 0 Å². The maximum absolute atomic E-state index is 14.1. The Balaban J connectivity index is 1.93. The van der Waals surface area contributed by atoms with E-state index >= 15 is 0 Å². The number of fused-ring (bicyclic) bond motifs is 2. The van der Waals surface area contributed by atoms with Crippen LogP contribution >= 0.6 is 0 Å². The van der Waals surface area contributed by atoms with Crippen LogP contribution in [0, 0.1) is 16.0 Å². The number of carbonyl (C=O) groups excluding carboxylic acids is 3. The fourth-order valence-electron chi connectivity index (χ4n) is 5.29. The van der Waals surface area contributed by atoms with Crippen LogP contribution in [0.5, 0.6) is 0 Å². The van der Waals surface area contributed by atoms with Gasteiger partial charge in [0.2, 0.25) is 0 Å². The van der Waals surface area contributed by atoms with E-state index in [1.807, 2.05) is 0 Å². The summed E-state index contributed by atoms with van der Waals surface area (Å²) in [5.74, 6) is -2.17. The van der Waals surface area contributed by atoms with Crippen molar-refractivity contribution in [2.45, 2.75) is 56.7 Å². The van der Waals surface area contributed by atoms with Crippen LogP contribution in [0.4, 0.5) is 16.2 Å². The quantitative estimate of drug-likeness (QED) is 0.413. The highest BCUT2D eigenvalue weighted by molar-refractivity contribution is 6.22. The molecule has 34 heavy (non-hydrogen) atoms. The molecule has 1 aliphatic heterocycles. The number of hydrogen-bond acceptors (Lipinski definition) is 7. The molecule has 2 amide bonds. The summed E-state index contributed by atoms with van der Waals surface area (Å²) in [4.78, 5) is 51.0. The minimum absolute atomic E-state index is 0.134. The Hall–Kier alpha value is -3.59. The Bertz CT molecular complexity index is 1150. The monoisotopic (exact) mass is 466 g/mol. The molecule has 0 saturated heterocycles. The summed E-state index contributed by atoms with van der Waals surface area (Å²) in [6.07, 6.45) is -0.800. The molecule has 2 aromatic rings. The van der Waals surface area contributed by atoms with Crippen LogP contribution < -0.4 is 4.90 Å². The molecule has 0 radical (unpaired) electrons. The number of aldehydes is 1. The van der Waals surface area contributed by atoms with Crippen LogP contribution in [0.3, 0.4) is 0 Å². The van der Waals surface area contributed by atoms with Crippen molar-refractivity contribution in [3.05, 3.63) is 69.8 Å². The van der Waals surface area contributed by atoms with E-state index in [1.54, 1.807) is 45.0 Å². The normalized spacial score (nSPS) is 26.3. The van der Waals surface area contributed by atoms with Crippen LogP contribution in [0.2, 0.25) is 0 Å². The van der Waals surface area contributed by atoms with E-state index in [0.717, 1.165) is 11.2 Å². The first-order valence-electron chi connectivity index (χ1n) is 11.1. The first kappa shape index (κ1) is 23.6. The number of nitro benzene ring substituents is 1. The van der Waals surface area contributed by atoms with Gasteiger partial charge >= 0.3 is 6.09 Å². The SMILES string of the molecule is CC(C)(C)OC(=O)N1C(=O)[C@]2(c3ccccc31)[C@H](O)CC[C@H](C=O)[C@@H]2c1ccc([N+](=O)[O-])cc1. The average Bonchev–Trinajstić information content (AvgIpc) is 3.03. The number of aliphatic hydroxyl groups excluding tert-OH is 1. The second-order valence-electron chi connectivity index (χ2n) is 9.73. The highest BCUT2D eigenvalue weighted by atomic mass is 16.6. The number of ether oxygens (including phenoxy) is 1. The van der Waals surface area contributed by atoms with Crippen LogP contribution in [0.15, 0.2) is 48.5 Å². The van der Waals surface area contributed by atoms with Gasteiger partial charge < -0.3 is 14.6 Å². The smallest absolute Gasteiger partial charge is 0.421 e. The maximum Gasteiger partial charge on any atom is 0.421 e. The summed E-state index contributed by atoms with van der Waals surface area (Å²) in [6, 6.07) is 12.3. The van der Waals surface area contributed by atoms with Gasteiger partial charge in [-0.25, -0.2) is 9.69 Å². The lowest BCUT2D eigenvalue weighted by Crippen LogP contribution is -2.58. The lowest BCUT2D eigenvalue weighted by molar-refractivity contribution is -0.384. The van der Waals surface area contributed by atoms with Crippen LogP contribution in [-0.4, -0.2) is 40.0 Å². The van der Waals surface area contributed by atoms with Crippen LogP contribution in [0.25, 0.3) is 0 Å². The number of anilines is 1. The Morgan fingerprint density at radius 3 is 2.41 bits per heavy atom. The second kappa shape index (κ2) is 8.32. The topological polar surface area (TPSA) is 127 Å². The number of nitrogens with zero attached hydrogens (tertiary/aromatic N) is 2. The van der Waals surface area contributed by atoms with Crippen molar-refractivity contribution in [1.82, 2.24) is 0 Å². The number of hydrogen-bond donors (Lipinski definition) is 1. The summed E-state index contributed by atoms with van der Waals surface area (Å²) >= 11 is 0. The van der Waals surface area contributed by atoms with Crippen LogP contribution in [0.1, 0.15) is 50.7 Å². The van der Waals surface area contributed by atoms with E-state index in [4.69, 9.17) is 4.74 Å². The molecular weight excluding hydrogens is 440 g/mol. The van der Waals surface area contributed by atoms with Crippen molar-refractivity contribution in [1.29, 1.82) is 0 Å². The summed E-state index contributed by atoms with van der Waals surface area (Å²) < 4.78 is 5.49. The molecule has 1 N–H and O–H groups in total. The third kappa shape index (κ3) is 3.56. The lowest BCUT2D eigenvalue weighted by atomic mass is 9.56. The number of nitro groups is 1. The van der Waals surface area contributed by atoms with Gasteiger partial charge in [0.25, 0.3) is 11.6 Å². The van der Waals surface area contributed by atoms with E-state index < -0.39 is 45.9 Å². The number of aliphatic hydroxyl groups is 1. The third-order valence-corrected chi connectivity index (χ3v) is 6.58. The Morgan fingerprint density at radius 2 is 1.82 bits per heavy atom. The van der Waals surface area contributed by atoms with Gasteiger partial charge in [0.1, 0.15) is 17.3 Å². The first-order valence-corrected chi connectivity index (χ1v) is 11.1. The number of para-hydroxylation sites is 1. The molecule has 0 aromatic heterocycles. The number of amides is 2. The van der Waals surface area contributed by atoms with Gasteiger partial charge in [0, 0.05) is 24.0 Å². The van der Waals surface area contributed by atoms with Gasteiger partial charge in [-0.1, -0.05) is 30.3 Å². The molecule has 1 spiro atoms. The van der Waals surface area contributed by atoms with Gasteiger partial charge in [-0.3, -0.25) is 14.9 Å². The standard InChI is InChI=1S/C25H26N2O7/c1-24(2,3)34-23(31)26-19-7-5-4-6-18(19)25(22(26)30)20(29)13-10-16(14-28)21(25)15-8-11-17(12-9-15)27(32)33/h4-9,11-12,14,16,20-21,29H,10,13H2,1-3H3/t16-,20-,21+,25-/m1/s1. The Morgan fingerprint density at radius 1 is 1.18 bits per heavy atom. The van der Waals surface area contributed by atoms with Gasteiger partial charge in [0.15, 0.2) is 0 Å². The number of carbonyl (C=O) groups is 3. The van der Waals surface area contributed by atoms with Crippen molar-refractivity contribution in [2.75, 3.05) is 4.90 Å². The Kier molecular flexibility index (Phi) is 5.77. The van der Waals surface area contributed by atoms with Crippen molar-refractivity contribution in [3.63, 3.8) is 0 Å². The zero-order chi connectivity index (χ0) is 24.8. The second-order valence-corrected chi connectivity index (χ2v) is 9.73. The molecule has 0 bridgehead atoms. The molecular formula is C25H26N2O7. The number of benzene rings is 2.